The summed E-state index contributed by atoms with van der Waals surface area (Å²) in [5, 5.41) is 4.75. The predicted molar refractivity (Wildman–Crippen MR) is 87.6 cm³/mol. The van der Waals surface area contributed by atoms with Gasteiger partial charge in [-0.1, -0.05) is 42.5 Å². The highest BCUT2D eigenvalue weighted by Gasteiger charge is 2.05. The lowest BCUT2D eigenvalue weighted by Crippen LogP contribution is -1.90. The molecule has 0 aliphatic rings. The van der Waals surface area contributed by atoms with Crippen LogP contribution >= 0.6 is 10.8 Å². The monoisotopic (exact) mass is 302 g/mol. The summed E-state index contributed by atoms with van der Waals surface area (Å²) in [7, 11) is -2.02. The molecular formula is C16H14O2S2. The van der Waals surface area contributed by atoms with Gasteiger partial charge in [-0.25, -0.2) is 8.42 Å². The van der Waals surface area contributed by atoms with E-state index in [0.29, 0.717) is 5.75 Å². The smallest absolute Gasteiger partial charge is 0.199 e. The zero-order chi connectivity index (χ0) is 14.2. The number of hydrogen-bond donors (Lipinski definition) is 0. The number of rotatable bonds is 3. The molecule has 2 nitrogen and oxygen atoms in total. The van der Waals surface area contributed by atoms with E-state index in [0.717, 1.165) is 21.7 Å². The Morgan fingerprint density at radius 2 is 1.45 bits per heavy atom. The molecule has 20 heavy (non-hydrogen) atoms. The van der Waals surface area contributed by atoms with E-state index in [2.05, 4.69) is 36.4 Å². The average Bonchev–Trinajstić information content (AvgIpc) is 2.42. The van der Waals surface area contributed by atoms with Crippen LogP contribution in [-0.4, -0.2) is 14.7 Å². The third kappa shape index (κ3) is 2.97. The molecule has 0 aromatic heterocycles. The molecule has 3 aromatic rings. The van der Waals surface area contributed by atoms with Gasteiger partial charge in [0.15, 0.2) is 8.87 Å². The highest BCUT2D eigenvalue weighted by molar-refractivity contribution is 8.71. The van der Waals surface area contributed by atoms with Crippen LogP contribution in [0.3, 0.4) is 0 Å². The minimum atomic E-state index is -2.99. The number of hydrogen-bond acceptors (Lipinski definition) is 3. The van der Waals surface area contributed by atoms with Crippen LogP contribution in [0.4, 0.5) is 0 Å². The van der Waals surface area contributed by atoms with E-state index in [9.17, 15) is 8.42 Å². The average molecular weight is 302 g/mol. The van der Waals surface area contributed by atoms with Gasteiger partial charge in [-0.3, -0.25) is 0 Å². The van der Waals surface area contributed by atoms with Crippen LogP contribution in [0.2, 0.25) is 0 Å². The van der Waals surface area contributed by atoms with Crippen molar-refractivity contribution < 1.29 is 8.42 Å². The quantitative estimate of drug-likeness (QED) is 0.537. The van der Waals surface area contributed by atoms with Gasteiger partial charge < -0.3 is 0 Å². The van der Waals surface area contributed by atoms with Gasteiger partial charge in [0.25, 0.3) is 0 Å². The van der Waals surface area contributed by atoms with Crippen molar-refractivity contribution in [3.63, 3.8) is 0 Å². The van der Waals surface area contributed by atoms with Crippen molar-refractivity contribution in [1.82, 2.24) is 0 Å². The van der Waals surface area contributed by atoms with Crippen LogP contribution in [0.15, 0.2) is 54.6 Å². The van der Waals surface area contributed by atoms with Crippen molar-refractivity contribution in [2.75, 3.05) is 6.26 Å². The molecule has 0 spiro atoms. The summed E-state index contributed by atoms with van der Waals surface area (Å²) in [6.45, 7) is 0. The third-order valence-corrected chi connectivity index (χ3v) is 5.73. The van der Waals surface area contributed by atoms with Gasteiger partial charge in [-0.2, -0.15) is 0 Å². The summed E-state index contributed by atoms with van der Waals surface area (Å²) in [6.07, 6.45) is 1.24. The molecule has 3 aromatic carbocycles. The molecule has 0 aliphatic heterocycles. The number of fused-ring (bicyclic) bond motifs is 2. The Morgan fingerprint density at radius 3 is 2.10 bits per heavy atom. The van der Waals surface area contributed by atoms with E-state index in [-0.39, 0.29) is 0 Å². The topological polar surface area (TPSA) is 34.1 Å². The van der Waals surface area contributed by atoms with E-state index in [1.807, 2.05) is 18.2 Å². The highest BCUT2D eigenvalue weighted by Crippen LogP contribution is 2.26. The molecule has 0 heterocycles. The van der Waals surface area contributed by atoms with Crippen molar-refractivity contribution in [1.29, 1.82) is 0 Å². The van der Waals surface area contributed by atoms with Crippen molar-refractivity contribution in [3.8, 4) is 0 Å². The van der Waals surface area contributed by atoms with E-state index in [1.165, 1.54) is 22.4 Å². The molecule has 0 atom stereocenters. The molecule has 0 amide bonds. The van der Waals surface area contributed by atoms with Crippen LogP contribution in [0, 0.1) is 0 Å². The molecule has 102 valence electrons. The van der Waals surface area contributed by atoms with Crippen molar-refractivity contribution in [2.24, 2.45) is 0 Å². The lowest BCUT2D eigenvalue weighted by Gasteiger charge is -2.05. The van der Waals surface area contributed by atoms with E-state index in [4.69, 9.17) is 0 Å². The van der Waals surface area contributed by atoms with Crippen molar-refractivity contribution in [2.45, 2.75) is 5.75 Å². The van der Waals surface area contributed by atoms with Gasteiger partial charge in [-0.05, 0) is 50.0 Å². The Morgan fingerprint density at radius 1 is 0.850 bits per heavy atom. The SMILES string of the molecule is CS(=O)(=O)SCc1ccc2cc3ccccc3cc2c1. The molecule has 0 radical (unpaired) electrons. The standard InChI is InChI=1S/C16H14O2S2/c1-20(17,18)19-11-12-6-7-15-9-13-4-2-3-5-14(13)10-16(15)8-12/h2-10H,11H2,1H3. The first kappa shape index (κ1) is 13.5. The summed E-state index contributed by atoms with van der Waals surface area (Å²) in [5.41, 5.74) is 1.03. The maximum Gasteiger partial charge on any atom is 0.199 e. The minimum absolute atomic E-state index is 0.488. The summed E-state index contributed by atoms with van der Waals surface area (Å²) in [4.78, 5) is 0. The zero-order valence-corrected chi connectivity index (χ0v) is 12.7. The van der Waals surface area contributed by atoms with Gasteiger partial charge >= 0.3 is 0 Å². The Labute approximate surface area is 122 Å². The Bertz CT molecular complexity index is 883. The second-order valence-corrected chi connectivity index (χ2v) is 9.30. The first-order valence-electron chi connectivity index (χ1n) is 6.27. The first-order chi connectivity index (χ1) is 9.51. The molecule has 0 saturated carbocycles. The molecular weight excluding hydrogens is 288 g/mol. The normalized spacial score (nSPS) is 12.1. The van der Waals surface area contributed by atoms with Gasteiger partial charge in [0.05, 0.1) is 0 Å². The van der Waals surface area contributed by atoms with Crippen LogP contribution in [0.25, 0.3) is 21.5 Å². The molecule has 3 rings (SSSR count). The summed E-state index contributed by atoms with van der Waals surface area (Å²) in [5.74, 6) is 0.488. The van der Waals surface area contributed by atoms with E-state index < -0.39 is 8.87 Å². The van der Waals surface area contributed by atoms with Gasteiger partial charge in [-0.15, -0.1) is 0 Å². The van der Waals surface area contributed by atoms with E-state index >= 15 is 0 Å². The largest absolute Gasteiger partial charge is 0.218 e. The van der Waals surface area contributed by atoms with Crippen LogP contribution in [0.1, 0.15) is 5.56 Å². The second kappa shape index (κ2) is 5.11. The van der Waals surface area contributed by atoms with Crippen LogP contribution in [0.5, 0.6) is 0 Å². The summed E-state index contributed by atoms with van der Waals surface area (Å²) >= 11 is 0. The molecule has 0 N–H and O–H groups in total. The minimum Gasteiger partial charge on any atom is -0.218 e. The predicted octanol–water partition coefficient (Wildman–Crippen LogP) is 4.19. The maximum atomic E-state index is 11.2. The van der Waals surface area contributed by atoms with Crippen LogP contribution in [-0.2, 0) is 14.6 Å². The molecule has 0 unspecified atom stereocenters. The van der Waals surface area contributed by atoms with Gasteiger partial charge in [0.1, 0.15) is 0 Å². The number of benzene rings is 3. The van der Waals surface area contributed by atoms with Crippen molar-refractivity contribution in [3.05, 3.63) is 60.2 Å². The fourth-order valence-corrected chi connectivity index (χ4v) is 3.83. The molecule has 0 aliphatic carbocycles. The lowest BCUT2D eigenvalue weighted by molar-refractivity contribution is 0.615. The van der Waals surface area contributed by atoms with Crippen molar-refractivity contribution >= 4 is 41.2 Å². The molecule has 0 saturated heterocycles. The summed E-state index contributed by atoms with van der Waals surface area (Å²) < 4.78 is 22.4. The summed E-state index contributed by atoms with van der Waals surface area (Å²) in [6, 6.07) is 18.7. The molecule has 0 bridgehead atoms. The Balaban J connectivity index is 2.04. The fraction of sp³-hybridized carbons (Fsp3) is 0.125. The zero-order valence-electron chi connectivity index (χ0n) is 11.0. The highest BCUT2D eigenvalue weighted by atomic mass is 33.1. The second-order valence-electron chi connectivity index (χ2n) is 4.85. The Kier molecular flexibility index (Phi) is 3.44. The molecule has 0 fully saturated rings. The van der Waals surface area contributed by atoms with Gasteiger partial charge in [0, 0.05) is 12.0 Å². The Hall–Kier alpha value is -1.52. The lowest BCUT2D eigenvalue weighted by atomic mass is 10.0. The third-order valence-electron chi connectivity index (χ3n) is 3.21. The van der Waals surface area contributed by atoms with E-state index in [1.54, 1.807) is 0 Å². The first-order valence-corrected chi connectivity index (χ1v) is 9.66. The fourth-order valence-electron chi connectivity index (χ4n) is 2.25. The molecule has 4 heteroatoms. The maximum absolute atomic E-state index is 11.2. The van der Waals surface area contributed by atoms with Gasteiger partial charge in [0.2, 0.25) is 0 Å². The van der Waals surface area contributed by atoms with Crippen LogP contribution < -0.4 is 0 Å².